The zero-order valence-electron chi connectivity index (χ0n) is 14.2. The smallest absolute Gasteiger partial charge is 0.159 e. The van der Waals surface area contributed by atoms with E-state index in [0.717, 1.165) is 11.4 Å². The first-order chi connectivity index (χ1) is 13.3. The van der Waals surface area contributed by atoms with Gasteiger partial charge in [0, 0.05) is 24.3 Å². The van der Waals surface area contributed by atoms with E-state index in [4.69, 9.17) is 0 Å². The van der Waals surface area contributed by atoms with Gasteiger partial charge in [-0.3, -0.25) is 0 Å². The number of aromatic amines is 1. The average molecular weight is 350 g/mol. The average Bonchev–Trinajstić information content (AvgIpc) is 3.46. The van der Waals surface area contributed by atoms with Gasteiger partial charge in [-0.15, -0.1) is 0 Å². The van der Waals surface area contributed by atoms with E-state index in [9.17, 15) is 10.5 Å². The van der Waals surface area contributed by atoms with Crippen LogP contribution < -0.4 is 0 Å². The van der Waals surface area contributed by atoms with Gasteiger partial charge >= 0.3 is 0 Å². The molecule has 0 unspecified atom stereocenters. The Morgan fingerprint density at radius 3 is 2.41 bits per heavy atom. The lowest BCUT2D eigenvalue weighted by Gasteiger charge is -2.08. The third kappa shape index (κ3) is 2.92. The number of nitrogens with zero attached hydrogens (tertiary/aromatic N) is 5. The highest BCUT2D eigenvalue weighted by Crippen LogP contribution is 2.27. The van der Waals surface area contributed by atoms with Crippen molar-refractivity contribution in [2.24, 2.45) is 0 Å². The molecule has 1 N–H and O–H groups in total. The molecular formula is C21H14N6. The van der Waals surface area contributed by atoms with Gasteiger partial charge in [-0.25, -0.2) is 4.68 Å². The maximum Gasteiger partial charge on any atom is 0.159 e. The number of para-hydroxylation sites is 1. The highest BCUT2D eigenvalue weighted by atomic mass is 15.3. The van der Waals surface area contributed by atoms with Gasteiger partial charge < -0.3 is 9.55 Å². The van der Waals surface area contributed by atoms with Crippen LogP contribution in [0.4, 0.5) is 0 Å². The Hall–Kier alpha value is -4.29. The van der Waals surface area contributed by atoms with E-state index in [-0.39, 0.29) is 0 Å². The summed E-state index contributed by atoms with van der Waals surface area (Å²) in [5.41, 5.74) is 2.59. The molecule has 0 fully saturated rings. The summed E-state index contributed by atoms with van der Waals surface area (Å²) in [4.78, 5) is 3.04. The van der Waals surface area contributed by atoms with Crippen molar-refractivity contribution in [3.63, 3.8) is 0 Å². The van der Waals surface area contributed by atoms with Gasteiger partial charge in [0.2, 0.25) is 0 Å². The highest BCUT2D eigenvalue weighted by Gasteiger charge is 2.22. The van der Waals surface area contributed by atoms with Crippen molar-refractivity contribution in [2.75, 3.05) is 0 Å². The van der Waals surface area contributed by atoms with Crippen molar-refractivity contribution in [3.05, 3.63) is 90.1 Å². The number of aromatic nitrogens is 4. The second-order valence-electron chi connectivity index (χ2n) is 5.79. The van der Waals surface area contributed by atoms with Crippen LogP contribution in [0, 0.1) is 22.7 Å². The summed E-state index contributed by atoms with van der Waals surface area (Å²) in [5.74, 6) is 0.594. The zero-order chi connectivity index (χ0) is 18.6. The van der Waals surface area contributed by atoms with Gasteiger partial charge in [0.25, 0.3) is 0 Å². The topological polar surface area (TPSA) is 86.1 Å². The SMILES string of the molecule is N#C/C(=C\c1ccc[nH]1)c1nn(-c2ccccc2)c(-n2cccc2)c1C#N. The molecular weight excluding hydrogens is 336 g/mol. The van der Waals surface area contributed by atoms with Crippen molar-refractivity contribution in [2.45, 2.75) is 0 Å². The quantitative estimate of drug-likeness (QED) is 0.566. The molecule has 128 valence electrons. The third-order valence-electron chi connectivity index (χ3n) is 4.12. The maximum atomic E-state index is 9.87. The van der Waals surface area contributed by atoms with Crippen LogP contribution in [0.5, 0.6) is 0 Å². The Balaban J connectivity index is 1.99. The molecule has 0 saturated heterocycles. The molecule has 0 spiro atoms. The fourth-order valence-corrected chi connectivity index (χ4v) is 2.91. The number of hydrogen-bond donors (Lipinski definition) is 1. The predicted molar refractivity (Wildman–Crippen MR) is 102 cm³/mol. The highest BCUT2D eigenvalue weighted by molar-refractivity contribution is 5.90. The number of nitrogens with one attached hydrogen (secondary N) is 1. The summed E-state index contributed by atoms with van der Waals surface area (Å²) in [6.07, 6.45) is 7.17. The molecule has 0 amide bonds. The fraction of sp³-hybridized carbons (Fsp3) is 0. The Kier molecular flexibility index (Phi) is 4.14. The third-order valence-corrected chi connectivity index (χ3v) is 4.12. The normalized spacial score (nSPS) is 11.1. The zero-order valence-corrected chi connectivity index (χ0v) is 14.2. The van der Waals surface area contributed by atoms with Crippen molar-refractivity contribution < 1.29 is 0 Å². The van der Waals surface area contributed by atoms with E-state index in [1.807, 2.05) is 71.6 Å². The number of benzene rings is 1. The van der Waals surface area contributed by atoms with Crippen LogP contribution in [0.1, 0.15) is 17.0 Å². The first-order valence-corrected chi connectivity index (χ1v) is 8.29. The van der Waals surface area contributed by atoms with Crippen molar-refractivity contribution >= 4 is 11.6 Å². The van der Waals surface area contributed by atoms with Crippen molar-refractivity contribution in [1.29, 1.82) is 10.5 Å². The lowest BCUT2D eigenvalue weighted by molar-refractivity contribution is 0.820. The van der Waals surface area contributed by atoms with Gasteiger partial charge in [0.15, 0.2) is 5.82 Å². The molecule has 0 radical (unpaired) electrons. The van der Waals surface area contributed by atoms with Crippen LogP contribution >= 0.6 is 0 Å². The standard InChI is InChI=1S/C21H14N6/c22-14-16(13-17-7-6-10-24-17)20-19(15-23)21(26-11-4-5-12-26)27(25-20)18-8-2-1-3-9-18/h1-13,24H/b16-13+. The van der Waals surface area contributed by atoms with Crippen LogP contribution in [0.2, 0.25) is 0 Å². The van der Waals surface area contributed by atoms with Crippen molar-refractivity contribution in [3.8, 4) is 23.6 Å². The minimum Gasteiger partial charge on any atom is -0.362 e. The van der Waals surface area contributed by atoms with Gasteiger partial charge in [-0.05, 0) is 42.5 Å². The van der Waals surface area contributed by atoms with Gasteiger partial charge in [-0.1, -0.05) is 18.2 Å². The molecule has 4 aromatic rings. The number of allylic oxidation sites excluding steroid dienone is 1. The Bertz CT molecular complexity index is 1160. The fourth-order valence-electron chi connectivity index (χ4n) is 2.91. The summed E-state index contributed by atoms with van der Waals surface area (Å²) in [6, 6.07) is 21.4. The lowest BCUT2D eigenvalue weighted by Crippen LogP contribution is -2.04. The number of rotatable bonds is 4. The summed E-state index contributed by atoms with van der Waals surface area (Å²) in [6.45, 7) is 0. The minimum atomic E-state index is 0.317. The van der Waals surface area contributed by atoms with E-state index < -0.39 is 0 Å². The number of nitriles is 2. The van der Waals surface area contributed by atoms with E-state index in [1.165, 1.54) is 0 Å². The molecule has 1 aromatic carbocycles. The summed E-state index contributed by atoms with van der Waals surface area (Å²) in [7, 11) is 0. The van der Waals surface area contributed by atoms with Crippen LogP contribution in [0.15, 0.2) is 73.2 Å². The Labute approximate surface area is 155 Å². The van der Waals surface area contributed by atoms with Crippen LogP contribution in [0.3, 0.4) is 0 Å². The molecule has 4 rings (SSSR count). The molecule has 0 atom stereocenters. The van der Waals surface area contributed by atoms with Crippen LogP contribution in [0.25, 0.3) is 23.2 Å². The second kappa shape index (κ2) is 6.91. The molecule has 0 saturated carbocycles. The van der Waals surface area contributed by atoms with Gasteiger partial charge in [0.05, 0.1) is 11.3 Å². The first-order valence-electron chi connectivity index (χ1n) is 8.29. The monoisotopic (exact) mass is 350 g/mol. The van der Waals surface area contributed by atoms with E-state index in [0.29, 0.717) is 22.6 Å². The second-order valence-corrected chi connectivity index (χ2v) is 5.79. The van der Waals surface area contributed by atoms with Crippen LogP contribution in [-0.4, -0.2) is 19.3 Å². The molecule has 6 nitrogen and oxygen atoms in total. The molecule has 3 aromatic heterocycles. The molecule has 6 heteroatoms. The summed E-state index contributed by atoms with van der Waals surface area (Å²) in [5, 5.41) is 24.2. The van der Waals surface area contributed by atoms with E-state index in [2.05, 4.69) is 22.2 Å². The number of H-pyrrole nitrogens is 1. The van der Waals surface area contributed by atoms with E-state index >= 15 is 0 Å². The summed E-state index contributed by atoms with van der Waals surface area (Å²) < 4.78 is 3.51. The summed E-state index contributed by atoms with van der Waals surface area (Å²) >= 11 is 0. The largest absolute Gasteiger partial charge is 0.362 e. The Morgan fingerprint density at radius 1 is 1.00 bits per heavy atom. The molecule has 0 aliphatic rings. The number of hydrogen-bond acceptors (Lipinski definition) is 3. The maximum absolute atomic E-state index is 9.87. The predicted octanol–water partition coefficient (Wildman–Crippen LogP) is 3.93. The van der Waals surface area contributed by atoms with Crippen molar-refractivity contribution in [1.82, 2.24) is 19.3 Å². The van der Waals surface area contributed by atoms with Gasteiger partial charge in [-0.2, -0.15) is 15.6 Å². The molecule has 0 aliphatic carbocycles. The molecule has 27 heavy (non-hydrogen) atoms. The van der Waals surface area contributed by atoms with Gasteiger partial charge in [0.1, 0.15) is 23.4 Å². The molecule has 3 heterocycles. The molecule has 0 bridgehead atoms. The first kappa shape index (κ1) is 16.2. The minimum absolute atomic E-state index is 0.317. The van der Waals surface area contributed by atoms with Crippen LogP contribution in [-0.2, 0) is 0 Å². The lowest BCUT2D eigenvalue weighted by atomic mass is 10.1. The molecule has 0 aliphatic heterocycles. The Morgan fingerprint density at radius 2 is 1.78 bits per heavy atom. The van der Waals surface area contributed by atoms with E-state index in [1.54, 1.807) is 17.0 Å².